The van der Waals surface area contributed by atoms with Crippen LogP contribution in [0.3, 0.4) is 0 Å². The molecule has 0 amide bonds. The van der Waals surface area contributed by atoms with Crippen molar-refractivity contribution in [2.45, 2.75) is 20.3 Å². The Morgan fingerprint density at radius 2 is 1.70 bits per heavy atom. The number of ether oxygens (including phenoxy) is 1. The highest BCUT2D eigenvalue weighted by molar-refractivity contribution is 5.53. The molecule has 0 aliphatic rings. The molecule has 0 unspecified atom stereocenters. The quantitative estimate of drug-likeness (QED) is 0.659. The fourth-order valence-electron chi connectivity index (χ4n) is 2.41. The average Bonchev–Trinajstić information content (AvgIpc) is 2.59. The third-order valence-electron chi connectivity index (χ3n) is 3.85. The second-order valence-corrected chi connectivity index (χ2v) is 6.14. The second-order valence-electron chi connectivity index (χ2n) is 6.14. The van der Waals surface area contributed by atoms with E-state index in [-0.39, 0.29) is 0 Å². The zero-order chi connectivity index (χ0) is 16.5. The van der Waals surface area contributed by atoms with Crippen LogP contribution in [0.15, 0.2) is 60.7 Å². The lowest BCUT2D eigenvalue weighted by atomic mass is 10.1. The first-order chi connectivity index (χ1) is 11.2. The molecule has 2 aromatic carbocycles. The Balaban J connectivity index is 2.05. The van der Waals surface area contributed by atoms with Crippen LogP contribution in [0.5, 0.6) is 5.75 Å². The van der Waals surface area contributed by atoms with Crippen LogP contribution in [-0.2, 0) is 0 Å². The van der Waals surface area contributed by atoms with Crippen molar-refractivity contribution in [2.75, 3.05) is 25.1 Å². The molecule has 0 heterocycles. The smallest absolute Gasteiger partial charge is 0.119 e. The highest BCUT2D eigenvalue weighted by Crippen LogP contribution is 2.20. The Morgan fingerprint density at radius 3 is 2.30 bits per heavy atom. The van der Waals surface area contributed by atoms with Gasteiger partial charge in [-0.25, -0.2) is 0 Å². The van der Waals surface area contributed by atoms with Gasteiger partial charge < -0.3 is 9.64 Å². The van der Waals surface area contributed by atoms with E-state index in [0.29, 0.717) is 5.92 Å². The van der Waals surface area contributed by atoms with Crippen LogP contribution in [0.25, 0.3) is 6.08 Å². The third kappa shape index (κ3) is 5.82. The minimum Gasteiger partial charge on any atom is -0.497 e. The molecule has 0 aromatic heterocycles. The summed E-state index contributed by atoms with van der Waals surface area (Å²) < 4.78 is 5.25. The molecule has 23 heavy (non-hydrogen) atoms. The molecule has 0 fully saturated rings. The van der Waals surface area contributed by atoms with Crippen molar-refractivity contribution in [1.82, 2.24) is 0 Å². The van der Waals surface area contributed by atoms with E-state index in [1.807, 2.05) is 18.2 Å². The average molecular weight is 309 g/mol. The summed E-state index contributed by atoms with van der Waals surface area (Å²) >= 11 is 0. The number of hydrogen-bond donors (Lipinski definition) is 0. The van der Waals surface area contributed by atoms with Gasteiger partial charge in [-0.2, -0.15) is 0 Å². The molecule has 0 aliphatic heterocycles. The first-order valence-corrected chi connectivity index (χ1v) is 8.29. The van der Waals surface area contributed by atoms with Gasteiger partial charge in [0.2, 0.25) is 0 Å². The number of rotatable bonds is 8. The Bertz CT molecular complexity index is 587. The minimum atomic E-state index is 0.703. The summed E-state index contributed by atoms with van der Waals surface area (Å²) in [6, 6.07) is 18.8. The molecule has 2 nitrogen and oxygen atoms in total. The highest BCUT2D eigenvalue weighted by atomic mass is 16.5. The molecule has 0 saturated carbocycles. The van der Waals surface area contributed by atoms with E-state index in [2.05, 4.69) is 67.3 Å². The maximum Gasteiger partial charge on any atom is 0.119 e. The van der Waals surface area contributed by atoms with Gasteiger partial charge in [0.25, 0.3) is 0 Å². The largest absolute Gasteiger partial charge is 0.497 e. The minimum absolute atomic E-state index is 0.703. The van der Waals surface area contributed by atoms with Gasteiger partial charge >= 0.3 is 0 Å². The zero-order valence-corrected chi connectivity index (χ0v) is 14.4. The first kappa shape index (κ1) is 17.1. The molecule has 2 rings (SSSR count). The van der Waals surface area contributed by atoms with Gasteiger partial charge in [-0.3, -0.25) is 0 Å². The molecule has 0 bridgehead atoms. The summed E-state index contributed by atoms with van der Waals surface area (Å²) in [7, 11) is 1.70. The number of benzene rings is 2. The van der Waals surface area contributed by atoms with Crippen molar-refractivity contribution in [2.24, 2.45) is 5.92 Å². The van der Waals surface area contributed by atoms with Gasteiger partial charge in [0, 0.05) is 18.8 Å². The van der Waals surface area contributed by atoms with Crippen LogP contribution in [0, 0.1) is 5.92 Å². The molecule has 0 saturated heterocycles. The lowest BCUT2D eigenvalue weighted by Crippen LogP contribution is -2.25. The first-order valence-electron chi connectivity index (χ1n) is 8.29. The molecule has 0 radical (unpaired) electrons. The number of methoxy groups -OCH3 is 1. The molecule has 0 N–H and O–H groups in total. The summed E-state index contributed by atoms with van der Waals surface area (Å²) in [5.41, 5.74) is 2.48. The maximum atomic E-state index is 5.25. The van der Waals surface area contributed by atoms with Crippen molar-refractivity contribution >= 4 is 11.8 Å². The van der Waals surface area contributed by atoms with E-state index in [4.69, 9.17) is 4.74 Å². The topological polar surface area (TPSA) is 12.5 Å². The Kier molecular flexibility index (Phi) is 6.74. The summed E-state index contributed by atoms with van der Waals surface area (Å²) in [5, 5.41) is 0. The van der Waals surface area contributed by atoms with E-state index >= 15 is 0 Å². The van der Waals surface area contributed by atoms with Crippen molar-refractivity contribution in [3.05, 3.63) is 66.2 Å². The summed E-state index contributed by atoms with van der Waals surface area (Å²) in [6.07, 6.45) is 5.61. The van der Waals surface area contributed by atoms with Crippen LogP contribution in [0.4, 0.5) is 5.69 Å². The fourth-order valence-corrected chi connectivity index (χ4v) is 2.41. The van der Waals surface area contributed by atoms with Crippen LogP contribution in [0.1, 0.15) is 25.8 Å². The molecular formula is C21H27NO. The van der Waals surface area contributed by atoms with E-state index in [1.165, 1.54) is 17.7 Å². The van der Waals surface area contributed by atoms with E-state index in [0.717, 1.165) is 18.8 Å². The molecule has 122 valence electrons. The van der Waals surface area contributed by atoms with E-state index in [9.17, 15) is 0 Å². The third-order valence-corrected chi connectivity index (χ3v) is 3.85. The summed E-state index contributed by atoms with van der Waals surface area (Å²) in [4.78, 5) is 2.42. The Labute approximate surface area is 140 Å². The maximum absolute atomic E-state index is 5.25. The van der Waals surface area contributed by atoms with E-state index < -0.39 is 0 Å². The zero-order valence-electron chi connectivity index (χ0n) is 14.4. The predicted octanol–water partition coefficient (Wildman–Crippen LogP) is 5.26. The van der Waals surface area contributed by atoms with Crippen LogP contribution < -0.4 is 9.64 Å². The number of nitrogens with zero attached hydrogens (tertiary/aromatic N) is 1. The Hall–Kier alpha value is -2.22. The SMILES string of the molecule is COc1ccc(N(C/C=C/c2ccccc2)CCC(C)C)cc1. The van der Waals surface area contributed by atoms with Crippen molar-refractivity contribution < 1.29 is 4.74 Å². The van der Waals surface area contributed by atoms with Gasteiger partial charge in [-0.1, -0.05) is 56.3 Å². The molecular weight excluding hydrogens is 282 g/mol. The van der Waals surface area contributed by atoms with Crippen molar-refractivity contribution in [3.63, 3.8) is 0 Å². The van der Waals surface area contributed by atoms with Gasteiger partial charge in [0.05, 0.1) is 7.11 Å². The van der Waals surface area contributed by atoms with Crippen LogP contribution in [-0.4, -0.2) is 20.2 Å². The van der Waals surface area contributed by atoms with Gasteiger partial charge in [-0.15, -0.1) is 0 Å². The normalized spacial score (nSPS) is 11.1. The van der Waals surface area contributed by atoms with Gasteiger partial charge in [0.15, 0.2) is 0 Å². The lowest BCUT2D eigenvalue weighted by molar-refractivity contribution is 0.415. The number of anilines is 1. The monoisotopic (exact) mass is 309 g/mol. The summed E-state index contributed by atoms with van der Waals surface area (Å²) in [5.74, 6) is 1.60. The molecule has 0 atom stereocenters. The Morgan fingerprint density at radius 1 is 1.00 bits per heavy atom. The van der Waals surface area contributed by atoms with Crippen LogP contribution >= 0.6 is 0 Å². The second kappa shape index (κ2) is 9.04. The molecule has 2 heteroatoms. The fraction of sp³-hybridized carbons (Fsp3) is 0.333. The van der Waals surface area contributed by atoms with Crippen molar-refractivity contribution in [1.29, 1.82) is 0 Å². The van der Waals surface area contributed by atoms with E-state index in [1.54, 1.807) is 7.11 Å². The summed E-state index contributed by atoms with van der Waals surface area (Å²) in [6.45, 7) is 6.51. The molecule has 0 aliphatic carbocycles. The highest BCUT2D eigenvalue weighted by Gasteiger charge is 2.06. The molecule has 0 spiro atoms. The van der Waals surface area contributed by atoms with Gasteiger partial charge in [-0.05, 0) is 42.2 Å². The van der Waals surface area contributed by atoms with Gasteiger partial charge in [0.1, 0.15) is 5.75 Å². The predicted molar refractivity (Wildman–Crippen MR) is 100 cm³/mol. The lowest BCUT2D eigenvalue weighted by Gasteiger charge is -2.24. The molecule has 2 aromatic rings. The standard InChI is InChI=1S/C21H27NO/c1-18(2)15-17-22(20-11-13-21(23-3)14-12-20)16-7-10-19-8-5-4-6-9-19/h4-14,18H,15-17H2,1-3H3/b10-7+. The number of hydrogen-bond acceptors (Lipinski definition) is 2. The van der Waals surface area contributed by atoms with Crippen molar-refractivity contribution in [3.8, 4) is 5.75 Å². The van der Waals surface area contributed by atoms with Crippen LogP contribution in [0.2, 0.25) is 0 Å².